The fourth-order valence-corrected chi connectivity index (χ4v) is 2.08. The van der Waals surface area contributed by atoms with Gasteiger partial charge < -0.3 is 5.32 Å². The molecule has 0 unspecified atom stereocenters. The van der Waals surface area contributed by atoms with Crippen molar-refractivity contribution < 1.29 is 4.39 Å². The third-order valence-electron chi connectivity index (χ3n) is 2.02. The summed E-state index contributed by atoms with van der Waals surface area (Å²) in [6.07, 6.45) is 1.66. The Bertz CT molecular complexity index is 505. The van der Waals surface area contributed by atoms with Crippen LogP contribution in [0, 0.1) is 5.82 Å². The Balaban J connectivity index is 2.18. The Kier molecular flexibility index (Phi) is 3.93. The average Bonchev–Trinajstić information content (AvgIpc) is 2.33. The largest absolute Gasteiger partial charge is 0.354 e. The van der Waals surface area contributed by atoms with E-state index in [-0.39, 0.29) is 5.82 Å². The van der Waals surface area contributed by atoms with Crippen LogP contribution in [0.3, 0.4) is 0 Å². The molecule has 0 saturated carbocycles. The number of nitrogens with one attached hydrogen (secondary N) is 1. The highest BCUT2D eigenvalue weighted by atomic mass is 32.2. The molecule has 2 aromatic rings. The van der Waals surface area contributed by atoms with Crippen LogP contribution in [0.4, 0.5) is 10.3 Å². The summed E-state index contributed by atoms with van der Waals surface area (Å²) in [6.45, 7) is 2.73. The van der Waals surface area contributed by atoms with E-state index in [0.29, 0.717) is 10.8 Å². The summed E-state index contributed by atoms with van der Waals surface area (Å²) < 4.78 is 13.4. The third-order valence-corrected chi connectivity index (χ3v) is 3.00. The van der Waals surface area contributed by atoms with Crippen LogP contribution in [0.25, 0.3) is 0 Å². The summed E-state index contributed by atoms with van der Waals surface area (Å²) in [7, 11) is 0. The van der Waals surface area contributed by atoms with Crippen LogP contribution in [-0.2, 0) is 0 Å². The summed E-state index contributed by atoms with van der Waals surface area (Å²) in [5, 5.41) is 3.74. The quantitative estimate of drug-likeness (QED) is 0.844. The van der Waals surface area contributed by atoms with Crippen molar-refractivity contribution in [2.45, 2.75) is 16.8 Å². The molecule has 0 bridgehead atoms. The third kappa shape index (κ3) is 3.17. The van der Waals surface area contributed by atoms with E-state index >= 15 is 0 Å². The molecule has 1 aromatic carbocycles. The predicted molar refractivity (Wildman–Crippen MR) is 66.7 cm³/mol. The van der Waals surface area contributed by atoms with E-state index in [9.17, 15) is 4.39 Å². The Morgan fingerprint density at radius 3 is 2.88 bits per heavy atom. The van der Waals surface area contributed by atoms with Crippen molar-refractivity contribution in [1.29, 1.82) is 0 Å². The zero-order chi connectivity index (χ0) is 12.1. The second-order valence-corrected chi connectivity index (χ2v) is 4.34. The number of anilines is 1. The number of rotatable bonds is 4. The van der Waals surface area contributed by atoms with E-state index in [1.165, 1.54) is 17.8 Å². The van der Waals surface area contributed by atoms with Crippen molar-refractivity contribution in [3.8, 4) is 0 Å². The van der Waals surface area contributed by atoms with Crippen LogP contribution in [0.15, 0.2) is 46.5 Å². The van der Waals surface area contributed by atoms with Gasteiger partial charge >= 0.3 is 0 Å². The second-order valence-electron chi connectivity index (χ2n) is 3.28. The van der Waals surface area contributed by atoms with E-state index in [0.717, 1.165) is 11.6 Å². The van der Waals surface area contributed by atoms with Crippen molar-refractivity contribution in [1.82, 2.24) is 9.97 Å². The molecule has 0 fully saturated rings. The average molecular weight is 249 g/mol. The van der Waals surface area contributed by atoms with Crippen LogP contribution in [-0.4, -0.2) is 16.5 Å². The molecule has 0 amide bonds. The van der Waals surface area contributed by atoms with Gasteiger partial charge in [0.05, 0.1) is 0 Å². The van der Waals surface area contributed by atoms with E-state index in [2.05, 4.69) is 15.3 Å². The lowest BCUT2D eigenvalue weighted by molar-refractivity contribution is 0.602. The molecule has 0 aliphatic heterocycles. The van der Waals surface area contributed by atoms with E-state index in [4.69, 9.17) is 0 Å². The van der Waals surface area contributed by atoms with Gasteiger partial charge in [0.2, 0.25) is 5.95 Å². The van der Waals surface area contributed by atoms with Gasteiger partial charge in [0.15, 0.2) is 0 Å². The van der Waals surface area contributed by atoms with Gasteiger partial charge in [0.1, 0.15) is 10.8 Å². The van der Waals surface area contributed by atoms with Crippen LogP contribution in [0.2, 0.25) is 0 Å². The van der Waals surface area contributed by atoms with Crippen molar-refractivity contribution in [2.75, 3.05) is 11.9 Å². The molecule has 1 aromatic heterocycles. The molecule has 2 rings (SSSR count). The monoisotopic (exact) mass is 249 g/mol. The first kappa shape index (κ1) is 11.9. The van der Waals surface area contributed by atoms with Crippen LogP contribution >= 0.6 is 11.8 Å². The lowest BCUT2D eigenvalue weighted by Crippen LogP contribution is -2.01. The van der Waals surface area contributed by atoms with Crippen molar-refractivity contribution >= 4 is 17.7 Å². The maximum Gasteiger partial charge on any atom is 0.223 e. The molecule has 0 aliphatic rings. The van der Waals surface area contributed by atoms with Gasteiger partial charge in [-0.1, -0.05) is 23.9 Å². The summed E-state index contributed by atoms with van der Waals surface area (Å²) >= 11 is 1.29. The molecule has 1 heterocycles. The highest BCUT2D eigenvalue weighted by molar-refractivity contribution is 7.99. The lowest BCUT2D eigenvalue weighted by Gasteiger charge is -2.04. The normalized spacial score (nSPS) is 10.2. The van der Waals surface area contributed by atoms with Crippen molar-refractivity contribution in [3.05, 3.63) is 42.3 Å². The number of nitrogens with zero attached hydrogens (tertiary/aromatic N) is 2. The van der Waals surface area contributed by atoms with Gasteiger partial charge in [-0.05, 0) is 25.1 Å². The van der Waals surface area contributed by atoms with E-state index in [1.807, 2.05) is 6.92 Å². The highest BCUT2D eigenvalue weighted by Crippen LogP contribution is 2.28. The number of benzene rings is 1. The van der Waals surface area contributed by atoms with Gasteiger partial charge in [-0.3, -0.25) is 0 Å². The van der Waals surface area contributed by atoms with Gasteiger partial charge in [-0.2, -0.15) is 0 Å². The first-order valence-corrected chi connectivity index (χ1v) is 6.10. The smallest absolute Gasteiger partial charge is 0.223 e. The summed E-state index contributed by atoms with van der Waals surface area (Å²) in [5.74, 6) is 0.329. The van der Waals surface area contributed by atoms with E-state index in [1.54, 1.807) is 30.5 Å². The number of hydrogen-bond acceptors (Lipinski definition) is 4. The van der Waals surface area contributed by atoms with Crippen LogP contribution < -0.4 is 5.32 Å². The molecule has 17 heavy (non-hydrogen) atoms. The minimum Gasteiger partial charge on any atom is -0.354 e. The molecule has 5 heteroatoms. The molecule has 1 N–H and O–H groups in total. The number of halogens is 1. The van der Waals surface area contributed by atoms with E-state index < -0.39 is 0 Å². The van der Waals surface area contributed by atoms with Gasteiger partial charge in [0.25, 0.3) is 0 Å². The Morgan fingerprint density at radius 2 is 2.12 bits per heavy atom. The fourth-order valence-electron chi connectivity index (χ4n) is 1.28. The molecular formula is C12H12FN3S. The minimum absolute atomic E-state index is 0.235. The number of hydrogen-bond donors (Lipinski definition) is 1. The molecular weight excluding hydrogens is 237 g/mol. The maximum atomic E-state index is 13.4. The molecule has 88 valence electrons. The lowest BCUT2D eigenvalue weighted by atomic mass is 10.3. The summed E-state index contributed by atoms with van der Waals surface area (Å²) in [6, 6.07) is 8.41. The Hall–Kier alpha value is -1.62. The van der Waals surface area contributed by atoms with Crippen LogP contribution in [0.1, 0.15) is 6.92 Å². The van der Waals surface area contributed by atoms with Gasteiger partial charge in [-0.15, -0.1) is 0 Å². The molecule has 3 nitrogen and oxygen atoms in total. The van der Waals surface area contributed by atoms with Crippen LogP contribution in [0.5, 0.6) is 0 Å². The van der Waals surface area contributed by atoms with Crippen molar-refractivity contribution in [2.24, 2.45) is 0 Å². The molecule has 0 atom stereocenters. The topological polar surface area (TPSA) is 37.8 Å². The second kappa shape index (κ2) is 5.63. The first-order chi connectivity index (χ1) is 8.29. The molecule has 0 aliphatic carbocycles. The Labute approximate surface area is 103 Å². The fraction of sp³-hybridized carbons (Fsp3) is 0.167. The molecule has 0 saturated heterocycles. The van der Waals surface area contributed by atoms with Crippen molar-refractivity contribution in [3.63, 3.8) is 0 Å². The molecule has 0 spiro atoms. The predicted octanol–water partition coefficient (Wildman–Crippen LogP) is 3.20. The van der Waals surface area contributed by atoms with Gasteiger partial charge in [-0.25, -0.2) is 14.4 Å². The maximum absolute atomic E-state index is 13.4. The highest BCUT2D eigenvalue weighted by Gasteiger charge is 2.05. The zero-order valence-corrected chi connectivity index (χ0v) is 10.2. The molecule has 0 radical (unpaired) electrons. The minimum atomic E-state index is -0.235. The SMILES string of the molecule is CCNc1nccc(Sc2ccccc2F)n1. The van der Waals surface area contributed by atoms with Gasteiger partial charge in [0, 0.05) is 17.6 Å². The summed E-state index contributed by atoms with van der Waals surface area (Å²) in [5.41, 5.74) is 0. The Morgan fingerprint density at radius 1 is 1.29 bits per heavy atom. The zero-order valence-electron chi connectivity index (χ0n) is 9.35. The summed E-state index contributed by atoms with van der Waals surface area (Å²) in [4.78, 5) is 8.90. The first-order valence-electron chi connectivity index (χ1n) is 5.29. The number of aromatic nitrogens is 2. The standard InChI is InChI=1S/C12H12FN3S/c1-2-14-12-15-8-7-11(16-12)17-10-6-4-3-5-9(10)13/h3-8H,2H2,1H3,(H,14,15,16).